The van der Waals surface area contributed by atoms with E-state index in [0.29, 0.717) is 12.1 Å². The molecule has 0 radical (unpaired) electrons. The summed E-state index contributed by atoms with van der Waals surface area (Å²) in [4.78, 5) is 18.3. The van der Waals surface area contributed by atoms with Crippen LogP contribution in [0.15, 0.2) is 18.3 Å². The van der Waals surface area contributed by atoms with Crippen LogP contribution in [0.4, 0.5) is 11.5 Å². The highest BCUT2D eigenvalue weighted by molar-refractivity contribution is 5.94. The molecular formula is C14H24N4O. The van der Waals surface area contributed by atoms with Gasteiger partial charge >= 0.3 is 0 Å². The number of aromatic nitrogens is 1. The highest BCUT2D eigenvalue weighted by Gasteiger charge is 2.12. The van der Waals surface area contributed by atoms with Crippen LogP contribution in [0.2, 0.25) is 0 Å². The highest BCUT2D eigenvalue weighted by Crippen LogP contribution is 2.14. The van der Waals surface area contributed by atoms with Crippen molar-refractivity contribution < 1.29 is 4.79 Å². The Morgan fingerprint density at radius 3 is 2.53 bits per heavy atom. The molecule has 1 aromatic rings. The van der Waals surface area contributed by atoms with Crippen LogP contribution >= 0.6 is 0 Å². The Hall–Kier alpha value is -1.62. The molecule has 0 fully saturated rings. The van der Waals surface area contributed by atoms with Gasteiger partial charge < -0.3 is 16.0 Å². The number of rotatable bonds is 7. The maximum Gasteiger partial charge on any atom is 0.241 e. The SMILES string of the molecule is CCCC(N)C(=O)Nc1ccc(N(CC)CC)nc1. The van der Waals surface area contributed by atoms with Gasteiger partial charge in [-0.2, -0.15) is 0 Å². The first-order chi connectivity index (χ1) is 9.12. The van der Waals surface area contributed by atoms with Crippen molar-refractivity contribution in [3.63, 3.8) is 0 Å². The molecule has 3 N–H and O–H groups in total. The predicted molar refractivity (Wildman–Crippen MR) is 79.3 cm³/mol. The van der Waals surface area contributed by atoms with Gasteiger partial charge in [0.25, 0.3) is 0 Å². The molecule has 0 aliphatic carbocycles. The van der Waals surface area contributed by atoms with Gasteiger partial charge in [0.1, 0.15) is 5.82 Å². The lowest BCUT2D eigenvalue weighted by atomic mass is 10.1. The summed E-state index contributed by atoms with van der Waals surface area (Å²) in [5.41, 5.74) is 6.44. The second kappa shape index (κ2) is 7.74. The smallest absolute Gasteiger partial charge is 0.241 e. The van der Waals surface area contributed by atoms with Gasteiger partial charge in [0.2, 0.25) is 5.91 Å². The van der Waals surface area contributed by atoms with E-state index in [1.54, 1.807) is 6.20 Å². The first-order valence-corrected chi connectivity index (χ1v) is 6.89. The van der Waals surface area contributed by atoms with Crippen molar-refractivity contribution in [2.24, 2.45) is 5.73 Å². The number of carbonyl (C=O) groups excluding carboxylic acids is 1. The molecule has 1 heterocycles. The number of anilines is 2. The zero-order valence-electron chi connectivity index (χ0n) is 12.0. The fourth-order valence-electron chi connectivity index (χ4n) is 1.87. The van der Waals surface area contributed by atoms with E-state index < -0.39 is 6.04 Å². The number of carbonyl (C=O) groups is 1. The minimum Gasteiger partial charge on any atom is -0.357 e. The molecule has 106 valence electrons. The zero-order valence-corrected chi connectivity index (χ0v) is 12.0. The van der Waals surface area contributed by atoms with Crippen molar-refractivity contribution in [1.82, 2.24) is 4.98 Å². The predicted octanol–water partition coefficient (Wildman–Crippen LogP) is 1.99. The number of nitrogens with two attached hydrogens (primary N) is 1. The molecule has 5 nitrogen and oxygen atoms in total. The Balaban J connectivity index is 2.64. The summed E-state index contributed by atoms with van der Waals surface area (Å²) >= 11 is 0. The quantitative estimate of drug-likeness (QED) is 0.790. The molecule has 0 aromatic carbocycles. The van der Waals surface area contributed by atoms with Crippen LogP contribution in [0.5, 0.6) is 0 Å². The van der Waals surface area contributed by atoms with Crippen LogP contribution < -0.4 is 16.0 Å². The van der Waals surface area contributed by atoms with E-state index in [-0.39, 0.29) is 5.91 Å². The summed E-state index contributed by atoms with van der Waals surface area (Å²) in [5.74, 6) is 0.764. The highest BCUT2D eigenvalue weighted by atomic mass is 16.2. The van der Waals surface area contributed by atoms with Crippen LogP contribution in [0.3, 0.4) is 0 Å². The largest absolute Gasteiger partial charge is 0.357 e. The van der Waals surface area contributed by atoms with E-state index in [0.717, 1.165) is 25.3 Å². The van der Waals surface area contributed by atoms with E-state index in [1.165, 1.54) is 0 Å². The molecule has 1 amide bonds. The number of amides is 1. The average Bonchev–Trinajstić information content (AvgIpc) is 2.42. The minimum absolute atomic E-state index is 0.153. The maximum atomic E-state index is 11.8. The van der Waals surface area contributed by atoms with E-state index in [1.807, 2.05) is 19.1 Å². The van der Waals surface area contributed by atoms with E-state index in [2.05, 4.69) is 29.0 Å². The Labute approximate surface area is 115 Å². The third-order valence-electron chi connectivity index (χ3n) is 3.04. The summed E-state index contributed by atoms with van der Waals surface area (Å²) in [5, 5.41) is 2.78. The van der Waals surface area contributed by atoms with Gasteiger partial charge in [-0.1, -0.05) is 13.3 Å². The minimum atomic E-state index is -0.451. The Bertz CT molecular complexity index is 387. The van der Waals surface area contributed by atoms with Gasteiger partial charge in [0, 0.05) is 13.1 Å². The molecule has 1 aromatic heterocycles. The second-order valence-corrected chi connectivity index (χ2v) is 4.46. The van der Waals surface area contributed by atoms with Crippen LogP contribution in [-0.4, -0.2) is 30.0 Å². The lowest BCUT2D eigenvalue weighted by molar-refractivity contribution is -0.117. The fourth-order valence-corrected chi connectivity index (χ4v) is 1.87. The van der Waals surface area contributed by atoms with Crippen molar-refractivity contribution in [3.8, 4) is 0 Å². The molecule has 19 heavy (non-hydrogen) atoms. The number of nitrogens with one attached hydrogen (secondary N) is 1. The van der Waals surface area contributed by atoms with E-state index in [4.69, 9.17) is 5.73 Å². The standard InChI is InChI=1S/C14H24N4O/c1-4-7-12(15)14(19)17-11-8-9-13(16-10-11)18(5-2)6-3/h8-10,12H,4-7,15H2,1-3H3,(H,17,19). The third kappa shape index (κ3) is 4.52. The fraction of sp³-hybridized carbons (Fsp3) is 0.571. The molecule has 5 heteroatoms. The van der Waals surface area contributed by atoms with Gasteiger partial charge in [-0.15, -0.1) is 0 Å². The van der Waals surface area contributed by atoms with Crippen LogP contribution in [0, 0.1) is 0 Å². The van der Waals surface area contributed by atoms with Crippen molar-refractivity contribution in [2.45, 2.75) is 39.7 Å². The third-order valence-corrected chi connectivity index (χ3v) is 3.04. The molecule has 1 rings (SSSR count). The van der Waals surface area contributed by atoms with Gasteiger partial charge in [-0.25, -0.2) is 4.98 Å². The summed E-state index contributed by atoms with van der Waals surface area (Å²) in [6.07, 6.45) is 3.26. The normalized spacial score (nSPS) is 12.0. The van der Waals surface area contributed by atoms with Crippen LogP contribution in [-0.2, 0) is 4.79 Å². The van der Waals surface area contributed by atoms with Crippen molar-refractivity contribution in [3.05, 3.63) is 18.3 Å². The number of pyridine rings is 1. The van der Waals surface area contributed by atoms with E-state index >= 15 is 0 Å². The van der Waals surface area contributed by atoms with Gasteiger partial charge in [-0.3, -0.25) is 4.79 Å². The second-order valence-electron chi connectivity index (χ2n) is 4.46. The summed E-state index contributed by atoms with van der Waals surface area (Å²) in [6.45, 7) is 8.01. The topological polar surface area (TPSA) is 71.2 Å². The van der Waals surface area contributed by atoms with E-state index in [9.17, 15) is 4.79 Å². The summed E-state index contributed by atoms with van der Waals surface area (Å²) in [7, 11) is 0. The van der Waals surface area contributed by atoms with Crippen LogP contribution in [0.1, 0.15) is 33.6 Å². The van der Waals surface area contributed by atoms with Gasteiger partial charge in [-0.05, 0) is 32.4 Å². The maximum absolute atomic E-state index is 11.8. The number of nitrogens with zero attached hydrogens (tertiary/aromatic N) is 2. The first kappa shape index (κ1) is 15.4. The zero-order chi connectivity index (χ0) is 14.3. The molecule has 0 bridgehead atoms. The summed E-state index contributed by atoms with van der Waals surface area (Å²) < 4.78 is 0. The number of hydrogen-bond acceptors (Lipinski definition) is 4. The lowest BCUT2D eigenvalue weighted by Gasteiger charge is -2.19. The first-order valence-electron chi connectivity index (χ1n) is 6.89. The van der Waals surface area contributed by atoms with Crippen molar-refractivity contribution in [2.75, 3.05) is 23.3 Å². The average molecular weight is 264 g/mol. The molecule has 0 saturated heterocycles. The molecule has 0 spiro atoms. The molecular weight excluding hydrogens is 240 g/mol. The van der Waals surface area contributed by atoms with Gasteiger partial charge in [0.15, 0.2) is 0 Å². The Morgan fingerprint density at radius 2 is 2.05 bits per heavy atom. The molecule has 0 saturated carbocycles. The summed E-state index contributed by atoms with van der Waals surface area (Å²) in [6, 6.07) is 3.32. The van der Waals surface area contributed by atoms with Crippen molar-refractivity contribution >= 4 is 17.4 Å². The molecule has 0 aliphatic rings. The monoisotopic (exact) mass is 264 g/mol. The molecule has 1 unspecified atom stereocenters. The Morgan fingerprint density at radius 1 is 1.37 bits per heavy atom. The molecule has 0 aliphatic heterocycles. The van der Waals surface area contributed by atoms with Crippen molar-refractivity contribution in [1.29, 1.82) is 0 Å². The van der Waals surface area contributed by atoms with Gasteiger partial charge in [0.05, 0.1) is 17.9 Å². The molecule has 1 atom stereocenters. The Kier molecular flexibility index (Phi) is 6.29. The lowest BCUT2D eigenvalue weighted by Crippen LogP contribution is -2.35. The van der Waals surface area contributed by atoms with Crippen LogP contribution in [0.25, 0.3) is 0 Å². The number of hydrogen-bond donors (Lipinski definition) is 2.